The van der Waals surface area contributed by atoms with Crippen molar-refractivity contribution < 1.29 is 17.9 Å². The van der Waals surface area contributed by atoms with Crippen LogP contribution < -0.4 is 9.08 Å². The van der Waals surface area contributed by atoms with E-state index in [1.165, 1.54) is 24.3 Å². The molecule has 0 amide bonds. The zero-order valence-corrected chi connectivity index (χ0v) is 7.82. The van der Waals surface area contributed by atoms with E-state index in [2.05, 4.69) is 25.2 Å². The van der Waals surface area contributed by atoms with Gasteiger partial charge in [0.1, 0.15) is 5.75 Å². The van der Waals surface area contributed by atoms with Crippen LogP contribution in [-0.2, 0) is 0 Å². The molecule has 0 aliphatic heterocycles. The summed E-state index contributed by atoms with van der Waals surface area (Å²) in [5, 5.41) is 0. The van der Waals surface area contributed by atoms with Gasteiger partial charge in [0.25, 0.3) is 0 Å². The van der Waals surface area contributed by atoms with Crippen LogP contribution in [0.25, 0.3) is 0 Å². The van der Waals surface area contributed by atoms with Gasteiger partial charge in [0.05, 0.1) is 0 Å². The van der Waals surface area contributed by atoms with Crippen LogP contribution in [-0.4, -0.2) is 6.36 Å². The fraction of sp³-hybridized carbons (Fsp3) is 0.143. The number of benzene rings is 1. The van der Waals surface area contributed by atoms with Gasteiger partial charge >= 0.3 is 6.36 Å². The smallest absolute Gasteiger partial charge is 0.406 e. The van der Waals surface area contributed by atoms with E-state index in [4.69, 9.17) is 0 Å². The predicted octanol–water partition coefficient (Wildman–Crippen LogP) is 3.31. The predicted molar refractivity (Wildman–Crippen MR) is 45.7 cm³/mol. The van der Waals surface area contributed by atoms with Crippen molar-refractivity contribution in [2.24, 2.45) is 0 Å². The minimum atomic E-state index is -4.64. The number of ether oxygens (including phenoxy) is 1. The minimum Gasteiger partial charge on any atom is -0.406 e. The lowest BCUT2D eigenvalue weighted by molar-refractivity contribution is -0.274. The molecule has 0 saturated carbocycles. The molecule has 0 aromatic heterocycles. The first-order valence-electron chi connectivity index (χ1n) is 3.24. The average molecular weight is 256 g/mol. The molecule has 0 spiro atoms. The Morgan fingerprint density at radius 2 is 1.69 bits per heavy atom. The standard InChI is InChI=1S/C7H5BrF3NO/c8-12-5-1-3-6(4-2-5)13-7(9,10)11/h1-4,12H. The van der Waals surface area contributed by atoms with Crippen molar-refractivity contribution in [2.75, 3.05) is 4.34 Å². The topological polar surface area (TPSA) is 21.3 Å². The van der Waals surface area contributed by atoms with Gasteiger partial charge in [0.15, 0.2) is 0 Å². The van der Waals surface area contributed by atoms with E-state index in [-0.39, 0.29) is 5.75 Å². The molecule has 1 aromatic rings. The van der Waals surface area contributed by atoms with Crippen molar-refractivity contribution in [2.45, 2.75) is 6.36 Å². The summed E-state index contributed by atoms with van der Waals surface area (Å²) < 4.78 is 41.3. The number of halogens is 4. The highest BCUT2D eigenvalue weighted by Crippen LogP contribution is 2.24. The van der Waals surface area contributed by atoms with Crippen molar-refractivity contribution in [3.05, 3.63) is 24.3 Å². The van der Waals surface area contributed by atoms with E-state index < -0.39 is 6.36 Å². The van der Waals surface area contributed by atoms with Crippen LogP contribution in [0.3, 0.4) is 0 Å². The number of rotatable bonds is 2. The highest BCUT2D eigenvalue weighted by Gasteiger charge is 2.30. The van der Waals surface area contributed by atoms with Crippen molar-refractivity contribution in [1.82, 2.24) is 0 Å². The molecule has 0 bridgehead atoms. The van der Waals surface area contributed by atoms with Gasteiger partial charge in [-0.3, -0.25) is 0 Å². The molecular formula is C7H5BrF3NO. The van der Waals surface area contributed by atoms with Crippen LogP contribution in [0.4, 0.5) is 18.9 Å². The molecular weight excluding hydrogens is 251 g/mol. The Labute approximate surface area is 81.0 Å². The van der Waals surface area contributed by atoms with Crippen LogP contribution in [0.15, 0.2) is 24.3 Å². The van der Waals surface area contributed by atoms with E-state index >= 15 is 0 Å². The van der Waals surface area contributed by atoms with Gasteiger partial charge in [-0.1, -0.05) is 0 Å². The third-order valence-electron chi connectivity index (χ3n) is 1.20. The molecule has 0 fully saturated rings. The first-order chi connectivity index (χ1) is 6.01. The molecule has 6 heteroatoms. The van der Waals surface area contributed by atoms with Crippen LogP contribution in [0.2, 0.25) is 0 Å². The maximum Gasteiger partial charge on any atom is 0.573 e. The quantitative estimate of drug-likeness (QED) is 0.819. The second-order valence-corrected chi connectivity index (χ2v) is 2.56. The lowest BCUT2D eigenvalue weighted by Gasteiger charge is -2.08. The fourth-order valence-corrected chi connectivity index (χ4v) is 0.984. The maximum absolute atomic E-state index is 11.7. The molecule has 0 radical (unpaired) electrons. The van der Waals surface area contributed by atoms with Crippen LogP contribution in [0.1, 0.15) is 0 Å². The molecule has 1 N–H and O–H groups in total. The molecule has 0 unspecified atom stereocenters. The molecule has 0 atom stereocenters. The second-order valence-electron chi connectivity index (χ2n) is 2.17. The number of hydrogen-bond acceptors (Lipinski definition) is 2. The molecule has 13 heavy (non-hydrogen) atoms. The van der Waals surface area contributed by atoms with E-state index in [9.17, 15) is 13.2 Å². The van der Waals surface area contributed by atoms with Gasteiger partial charge in [-0.05, 0) is 24.3 Å². The lowest BCUT2D eigenvalue weighted by Crippen LogP contribution is -2.16. The SMILES string of the molecule is FC(F)(F)Oc1ccc(NBr)cc1. The molecule has 0 saturated heterocycles. The van der Waals surface area contributed by atoms with E-state index in [1.54, 1.807) is 0 Å². The van der Waals surface area contributed by atoms with Crippen molar-refractivity contribution in [1.29, 1.82) is 0 Å². The van der Waals surface area contributed by atoms with Crippen LogP contribution in [0.5, 0.6) is 5.75 Å². The summed E-state index contributed by atoms with van der Waals surface area (Å²) in [5.74, 6) is -0.237. The van der Waals surface area contributed by atoms with Gasteiger partial charge in [-0.15, -0.1) is 13.2 Å². The largest absolute Gasteiger partial charge is 0.573 e. The zero-order chi connectivity index (χ0) is 9.90. The zero-order valence-electron chi connectivity index (χ0n) is 6.23. The van der Waals surface area contributed by atoms with Gasteiger partial charge in [-0.25, -0.2) is 0 Å². The average Bonchev–Trinajstić information content (AvgIpc) is 2.03. The monoisotopic (exact) mass is 255 g/mol. The highest BCUT2D eigenvalue weighted by atomic mass is 79.9. The molecule has 0 aliphatic carbocycles. The summed E-state index contributed by atoms with van der Waals surface area (Å²) in [6.07, 6.45) is -4.64. The normalized spacial score (nSPS) is 11.1. The summed E-state index contributed by atoms with van der Waals surface area (Å²) in [7, 11) is 0. The van der Waals surface area contributed by atoms with E-state index in [0.29, 0.717) is 5.69 Å². The Morgan fingerprint density at radius 1 is 1.15 bits per heavy atom. The Kier molecular flexibility index (Phi) is 3.02. The molecule has 72 valence electrons. The summed E-state index contributed by atoms with van der Waals surface area (Å²) in [6.45, 7) is 0. The van der Waals surface area contributed by atoms with Crippen molar-refractivity contribution in [3.8, 4) is 5.75 Å². The molecule has 1 rings (SSSR count). The van der Waals surface area contributed by atoms with Gasteiger partial charge in [0, 0.05) is 21.8 Å². The number of alkyl halides is 3. The maximum atomic E-state index is 11.7. The van der Waals surface area contributed by atoms with Crippen LogP contribution in [0, 0.1) is 0 Å². The van der Waals surface area contributed by atoms with E-state index in [1.807, 2.05) is 0 Å². The summed E-state index contributed by atoms with van der Waals surface area (Å²) in [5.41, 5.74) is 0.648. The lowest BCUT2D eigenvalue weighted by atomic mass is 10.3. The minimum absolute atomic E-state index is 0.237. The Hall–Kier alpha value is -0.910. The fourth-order valence-electron chi connectivity index (χ4n) is 0.720. The Balaban J connectivity index is 2.70. The summed E-state index contributed by atoms with van der Waals surface area (Å²) in [6, 6.07) is 5.35. The van der Waals surface area contributed by atoms with Gasteiger partial charge < -0.3 is 9.08 Å². The van der Waals surface area contributed by atoms with Crippen molar-refractivity contribution >= 4 is 21.8 Å². The number of anilines is 1. The second kappa shape index (κ2) is 3.87. The highest BCUT2D eigenvalue weighted by molar-refractivity contribution is 9.10. The van der Waals surface area contributed by atoms with Crippen LogP contribution >= 0.6 is 16.1 Å². The molecule has 0 aliphatic rings. The Morgan fingerprint density at radius 3 is 2.08 bits per heavy atom. The number of hydrogen-bond donors (Lipinski definition) is 1. The molecule has 0 heterocycles. The Bertz CT molecular complexity index is 272. The third kappa shape index (κ3) is 3.54. The van der Waals surface area contributed by atoms with Gasteiger partial charge in [0.2, 0.25) is 0 Å². The number of nitrogens with one attached hydrogen (secondary N) is 1. The first-order valence-corrected chi connectivity index (χ1v) is 4.03. The van der Waals surface area contributed by atoms with E-state index in [0.717, 1.165) is 0 Å². The molecule has 1 aromatic carbocycles. The first kappa shape index (κ1) is 10.2. The van der Waals surface area contributed by atoms with Gasteiger partial charge in [-0.2, -0.15) is 0 Å². The molecule has 2 nitrogen and oxygen atoms in total. The summed E-state index contributed by atoms with van der Waals surface area (Å²) >= 11 is 2.93. The van der Waals surface area contributed by atoms with Crippen molar-refractivity contribution in [3.63, 3.8) is 0 Å². The summed E-state index contributed by atoms with van der Waals surface area (Å²) in [4.78, 5) is 0. The third-order valence-corrected chi connectivity index (χ3v) is 1.65.